The van der Waals surface area contributed by atoms with E-state index in [1.165, 1.54) is 12.4 Å². The first-order valence-electron chi connectivity index (χ1n) is 7.25. The molecule has 1 aromatic heterocycles. The van der Waals surface area contributed by atoms with Crippen LogP contribution in [0.3, 0.4) is 0 Å². The minimum Gasteiger partial charge on any atom is -0.322 e. The van der Waals surface area contributed by atoms with Crippen molar-refractivity contribution in [3.05, 3.63) is 66.7 Å². The molecule has 0 atom stereocenters. The van der Waals surface area contributed by atoms with E-state index in [-0.39, 0.29) is 11.3 Å². The summed E-state index contributed by atoms with van der Waals surface area (Å²) in [6, 6.07) is 13.4. The molecule has 0 aliphatic carbocycles. The molecule has 9 heteroatoms. The molecule has 3 aromatic rings. The average molecular weight is 357 g/mol. The number of aromatic nitrogens is 3. The van der Waals surface area contributed by atoms with Crippen molar-refractivity contribution in [2.24, 2.45) is 0 Å². The van der Waals surface area contributed by atoms with Gasteiger partial charge in [-0.1, -0.05) is 12.1 Å². The Balaban J connectivity index is 1.79. The molecular weight excluding hydrogens is 342 g/mol. The Bertz CT molecular complexity index is 983. The van der Waals surface area contributed by atoms with Gasteiger partial charge in [0.25, 0.3) is 5.91 Å². The van der Waals surface area contributed by atoms with Crippen molar-refractivity contribution in [1.82, 2.24) is 14.8 Å². The van der Waals surface area contributed by atoms with E-state index < -0.39 is 15.9 Å². The molecule has 2 aromatic carbocycles. The zero-order valence-electron chi connectivity index (χ0n) is 13.2. The highest BCUT2D eigenvalue weighted by atomic mass is 32.2. The molecule has 128 valence electrons. The fraction of sp³-hybridized carbons (Fsp3) is 0.0625. The molecule has 0 fully saturated rings. The number of amides is 1. The van der Waals surface area contributed by atoms with Crippen LogP contribution in [0.4, 0.5) is 11.4 Å². The third kappa shape index (κ3) is 4.21. The second-order valence-corrected chi connectivity index (χ2v) is 7.01. The first-order valence-corrected chi connectivity index (χ1v) is 9.15. The topological polar surface area (TPSA) is 106 Å². The summed E-state index contributed by atoms with van der Waals surface area (Å²) in [5.41, 5.74) is 1.83. The smallest absolute Gasteiger partial charge is 0.257 e. The molecule has 0 bridgehead atoms. The van der Waals surface area contributed by atoms with Gasteiger partial charge in [0.2, 0.25) is 10.0 Å². The summed E-state index contributed by atoms with van der Waals surface area (Å²) in [7, 11) is -3.48. The zero-order chi connectivity index (χ0) is 17.9. The molecule has 1 heterocycles. The largest absolute Gasteiger partial charge is 0.322 e. The maximum Gasteiger partial charge on any atom is 0.257 e. The minimum atomic E-state index is -3.48. The number of hydrogen-bond donors (Lipinski definition) is 2. The maximum absolute atomic E-state index is 12.5. The molecule has 0 unspecified atom stereocenters. The normalized spacial score (nSPS) is 11.1. The van der Waals surface area contributed by atoms with E-state index in [2.05, 4.69) is 20.1 Å². The monoisotopic (exact) mass is 357 g/mol. The average Bonchev–Trinajstić information content (AvgIpc) is 3.09. The first kappa shape index (κ1) is 16.7. The summed E-state index contributed by atoms with van der Waals surface area (Å²) in [4.78, 5) is 16.3. The second-order valence-electron chi connectivity index (χ2n) is 5.26. The third-order valence-electron chi connectivity index (χ3n) is 3.28. The summed E-state index contributed by atoms with van der Waals surface area (Å²) in [5, 5.41) is 6.76. The van der Waals surface area contributed by atoms with E-state index in [1.54, 1.807) is 53.5 Å². The Morgan fingerprint density at radius 2 is 1.80 bits per heavy atom. The number of carbonyl (C=O) groups is 1. The summed E-state index contributed by atoms with van der Waals surface area (Å²) < 4.78 is 26.8. The number of nitrogens with zero attached hydrogens (tertiary/aromatic N) is 3. The Hall–Kier alpha value is -3.20. The van der Waals surface area contributed by atoms with E-state index in [9.17, 15) is 13.2 Å². The van der Waals surface area contributed by atoms with Crippen LogP contribution in [-0.4, -0.2) is 35.3 Å². The van der Waals surface area contributed by atoms with Crippen LogP contribution >= 0.6 is 0 Å². The Kier molecular flexibility index (Phi) is 4.48. The molecule has 3 rings (SSSR count). The molecule has 0 spiro atoms. The number of hydrogen-bond acceptors (Lipinski definition) is 5. The van der Waals surface area contributed by atoms with Gasteiger partial charge in [-0.3, -0.25) is 9.52 Å². The van der Waals surface area contributed by atoms with E-state index in [1.807, 2.05) is 0 Å². The van der Waals surface area contributed by atoms with Gasteiger partial charge in [0.1, 0.15) is 12.7 Å². The maximum atomic E-state index is 12.5. The molecular formula is C16H15N5O3S. The number of carbonyl (C=O) groups excluding carboxylic acids is 1. The number of sulfonamides is 1. The van der Waals surface area contributed by atoms with Gasteiger partial charge in [-0.05, 0) is 36.4 Å². The number of benzene rings is 2. The lowest BCUT2D eigenvalue weighted by molar-refractivity contribution is 0.102. The summed E-state index contributed by atoms with van der Waals surface area (Å²) >= 11 is 0. The predicted octanol–water partition coefficient (Wildman–Crippen LogP) is 1.89. The summed E-state index contributed by atoms with van der Waals surface area (Å²) in [5.74, 6) is -0.416. The third-order valence-corrected chi connectivity index (χ3v) is 3.87. The number of para-hydroxylation sites is 1. The van der Waals surface area contributed by atoms with Gasteiger partial charge in [-0.2, -0.15) is 5.10 Å². The lowest BCUT2D eigenvalue weighted by Crippen LogP contribution is -2.17. The quantitative estimate of drug-likeness (QED) is 0.725. The lowest BCUT2D eigenvalue weighted by atomic mass is 10.1. The Morgan fingerprint density at radius 1 is 1.08 bits per heavy atom. The van der Waals surface area contributed by atoms with Crippen LogP contribution < -0.4 is 10.0 Å². The van der Waals surface area contributed by atoms with Crippen LogP contribution in [0.25, 0.3) is 5.69 Å². The SMILES string of the molecule is CS(=O)(=O)Nc1ccccc1C(=O)Nc1ccc(-n2cncn2)cc1. The summed E-state index contributed by atoms with van der Waals surface area (Å²) in [6.07, 6.45) is 4.03. The van der Waals surface area contributed by atoms with Crippen LogP contribution in [-0.2, 0) is 10.0 Å². The second kappa shape index (κ2) is 6.73. The molecule has 2 N–H and O–H groups in total. The Labute approximate surface area is 144 Å². The number of rotatable bonds is 5. The van der Waals surface area contributed by atoms with E-state index in [4.69, 9.17) is 0 Å². The predicted molar refractivity (Wildman–Crippen MR) is 94.2 cm³/mol. The molecule has 0 saturated carbocycles. The highest BCUT2D eigenvalue weighted by Crippen LogP contribution is 2.19. The van der Waals surface area contributed by atoms with Crippen molar-refractivity contribution in [1.29, 1.82) is 0 Å². The van der Waals surface area contributed by atoms with Crippen LogP contribution in [0.5, 0.6) is 0 Å². The molecule has 8 nitrogen and oxygen atoms in total. The van der Waals surface area contributed by atoms with Crippen molar-refractivity contribution in [2.75, 3.05) is 16.3 Å². The van der Waals surface area contributed by atoms with Gasteiger partial charge >= 0.3 is 0 Å². The van der Waals surface area contributed by atoms with Gasteiger partial charge in [0.15, 0.2) is 0 Å². The Morgan fingerprint density at radius 3 is 2.44 bits per heavy atom. The van der Waals surface area contributed by atoms with Crippen LogP contribution in [0.2, 0.25) is 0 Å². The van der Waals surface area contributed by atoms with Gasteiger partial charge in [0, 0.05) is 5.69 Å². The highest BCUT2D eigenvalue weighted by Gasteiger charge is 2.14. The van der Waals surface area contributed by atoms with Crippen molar-refractivity contribution in [3.63, 3.8) is 0 Å². The van der Waals surface area contributed by atoms with E-state index in [0.717, 1.165) is 11.9 Å². The van der Waals surface area contributed by atoms with E-state index in [0.29, 0.717) is 5.69 Å². The van der Waals surface area contributed by atoms with Crippen LogP contribution in [0, 0.1) is 0 Å². The molecule has 0 aliphatic heterocycles. The van der Waals surface area contributed by atoms with Gasteiger partial charge in [-0.15, -0.1) is 0 Å². The lowest BCUT2D eigenvalue weighted by Gasteiger charge is -2.11. The fourth-order valence-electron chi connectivity index (χ4n) is 2.21. The van der Waals surface area contributed by atoms with Crippen molar-refractivity contribution >= 4 is 27.3 Å². The van der Waals surface area contributed by atoms with Crippen molar-refractivity contribution in [2.45, 2.75) is 0 Å². The van der Waals surface area contributed by atoms with Gasteiger partial charge < -0.3 is 5.32 Å². The molecule has 0 aliphatic rings. The molecule has 25 heavy (non-hydrogen) atoms. The zero-order valence-corrected chi connectivity index (χ0v) is 14.1. The van der Waals surface area contributed by atoms with Crippen LogP contribution in [0.1, 0.15) is 10.4 Å². The van der Waals surface area contributed by atoms with Gasteiger partial charge in [-0.25, -0.2) is 18.1 Å². The highest BCUT2D eigenvalue weighted by molar-refractivity contribution is 7.92. The standard InChI is InChI=1S/C16H15N5O3S/c1-25(23,24)20-15-5-3-2-4-14(15)16(22)19-12-6-8-13(9-7-12)21-11-17-10-18-21/h2-11,20H,1H3,(H,19,22). The summed E-state index contributed by atoms with van der Waals surface area (Å²) in [6.45, 7) is 0. The molecule has 0 radical (unpaired) electrons. The fourth-order valence-corrected chi connectivity index (χ4v) is 2.78. The van der Waals surface area contributed by atoms with Gasteiger partial charge in [0.05, 0.1) is 23.2 Å². The van der Waals surface area contributed by atoms with Crippen molar-refractivity contribution < 1.29 is 13.2 Å². The van der Waals surface area contributed by atoms with Crippen molar-refractivity contribution in [3.8, 4) is 5.69 Å². The molecule has 1 amide bonds. The molecule has 0 saturated heterocycles. The minimum absolute atomic E-state index is 0.224. The van der Waals surface area contributed by atoms with Crippen LogP contribution in [0.15, 0.2) is 61.2 Å². The number of nitrogens with one attached hydrogen (secondary N) is 2. The first-order chi connectivity index (χ1) is 11.9. The van der Waals surface area contributed by atoms with E-state index >= 15 is 0 Å². The number of anilines is 2.